The van der Waals surface area contributed by atoms with E-state index in [1.54, 1.807) is 30.3 Å². The second-order valence-electron chi connectivity index (χ2n) is 10.8. The third-order valence-electron chi connectivity index (χ3n) is 7.45. The lowest BCUT2D eigenvalue weighted by atomic mass is 9.93. The molecule has 1 aromatic carbocycles. The van der Waals surface area contributed by atoms with Gasteiger partial charge in [-0.15, -0.1) is 0 Å². The van der Waals surface area contributed by atoms with Crippen molar-refractivity contribution < 1.29 is 22.4 Å². The molecule has 1 heterocycles. The molecule has 5 nitrogen and oxygen atoms in total. The lowest BCUT2D eigenvalue weighted by Gasteiger charge is -2.38. The van der Waals surface area contributed by atoms with E-state index in [4.69, 9.17) is 9.16 Å². The maximum Gasteiger partial charge on any atom is 0.328 e. The fourth-order valence-corrected chi connectivity index (χ4v) is 8.27. The van der Waals surface area contributed by atoms with Gasteiger partial charge in [-0.05, 0) is 62.9 Å². The van der Waals surface area contributed by atoms with Crippen molar-refractivity contribution in [3.8, 4) is 0 Å². The first kappa shape index (κ1) is 25.2. The Labute approximate surface area is 194 Å². The second-order valence-corrected chi connectivity index (χ2v) is 17.8. The van der Waals surface area contributed by atoms with E-state index < -0.39 is 28.9 Å². The van der Waals surface area contributed by atoms with Crippen molar-refractivity contribution in [2.24, 2.45) is 5.92 Å². The first-order valence-electron chi connectivity index (χ1n) is 11.7. The van der Waals surface area contributed by atoms with E-state index in [2.05, 4.69) is 40.8 Å². The first-order valence-corrected chi connectivity index (χ1v) is 16.1. The summed E-state index contributed by atoms with van der Waals surface area (Å²) in [4.78, 5) is 12.9. The maximum atomic E-state index is 13.5. The first-order chi connectivity index (χ1) is 14.8. The van der Waals surface area contributed by atoms with Crippen LogP contribution in [-0.2, 0) is 23.8 Å². The maximum absolute atomic E-state index is 13.5. The van der Waals surface area contributed by atoms with Crippen molar-refractivity contribution in [1.29, 1.82) is 0 Å². The highest BCUT2D eigenvalue weighted by Gasteiger charge is 2.67. The Hall–Kier alpha value is -1.44. The summed E-state index contributed by atoms with van der Waals surface area (Å²) in [7, 11) is -5.61. The van der Waals surface area contributed by atoms with Crippen LogP contribution in [0, 0.1) is 5.92 Å². The number of ether oxygens (including phenoxy) is 1. The van der Waals surface area contributed by atoms with E-state index in [0.29, 0.717) is 6.42 Å². The van der Waals surface area contributed by atoms with Gasteiger partial charge in [-0.1, -0.05) is 51.1 Å². The number of benzene rings is 1. The quantitative estimate of drug-likeness (QED) is 0.198. The molecular formula is C25H38O5SSi. The van der Waals surface area contributed by atoms with Crippen LogP contribution in [0.15, 0.2) is 47.4 Å². The monoisotopic (exact) mass is 478 g/mol. The number of rotatable bonds is 9. The van der Waals surface area contributed by atoms with E-state index in [1.165, 1.54) is 0 Å². The van der Waals surface area contributed by atoms with Gasteiger partial charge in [-0.3, -0.25) is 4.79 Å². The van der Waals surface area contributed by atoms with E-state index in [-0.39, 0.29) is 34.5 Å². The highest BCUT2D eigenvalue weighted by Crippen LogP contribution is 2.52. The van der Waals surface area contributed by atoms with Crippen molar-refractivity contribution in [2.75, 3.05) is 0 Å². The normalized spacial score (nSPS) is 27.1. The third-order valence-corrected chi connectivity index (χ3v) is 14.5. The Morgan fingerprint density at radius 3 is 2.50 bits per heavy atom. The van der Waals surface area contributed by atoms with Gasteiger partial charge in [0, 0.05) is 18.4 Å². The molecule has 32 heavy (non-hydrogen) atoms. The summed E-state index contributed by atoms with van der Waals surface area (Å²) < 4.78 is 37.3. The van der Waals surface area contributed by atoms with Crippen molar-refractivity contribution in [1.82, 2.24) is 0 Å². The predicted octanol–water partition coefficient (Wildman–Crippen LogP) is 5.67. The minimum atomic E-state index is -3.84. The fourth-order valence-electron chi connectivity index (χ4n) is 4.61. The molecule has 178 valence electrons. The van der Waals surface area contributed by atoms with Crippen molar-refractivity contribution in [3.05, 3.63) is 42.5 Å². The van der Waals surface area contributed by atoms with Gasteiger partial charge in [0.1, 0.15) is 6.10 Å². The Kier molecular flexibility index (Phi) is 7.14. The van der Waals surface area contributed by atoms with Crippen molar-refractivity contribution in [3.63, 3.8) is 0 Å². The van der Waals surface area contributed by atoms with Crippen molar-refractivity contribution in [2.45, 2.75) is 99.8 Å². The lowest BCUT2D eigenvalue weighted by molar-refractivity contribution is -0.147. The van der Waals surface area contributed by atoms with Gasteiger partial charge in [-0.2, -0.15) is 0 Å². The van der Waals surface area contributed by atoms with Crippen molar-refractivity contribution >= 4 is 24.1 Å². The van der Waals surface area contributed by atoms with Gasteiger partial charge in [0.25, 0.3) is 0 Å². The molecule has 4 atom stereocenters. The minimum Gasteiger partial charge on any atom is -0.461 e. The molecule has 0 N–H and O–H groups in total. The van der Waals surface area contributed by atoms with Gasteiger partial charge in [0.15, 0.2) is 22.9 Å². The molecule has 2 bridgehead atoms. The van der Waals surface area contributed by atoms with E-state index >= 15 is 0 Å². The van der Waals surface area contributed by atoms with Crippen LogP contribution in [0.4, 0.5) is 0 Å². The van der Waals surface area contributed by atoms with Gasteiger partial charge in [0.05, 0.1) is 4.90 Å². The molecule has 0 unspecified atom stereocenters. The SMILES string of the molecule is C[C@@H](CCC/C=C/[C@@H]1C[C@H]2C[C@]1(S(=O)(=O)c1ccccc1)C(=O)O2)O[Si](C)(C)C(C)(C)C. The largest absolute Gasteiger partial charge is 0.461 e. The second kappa shape index (κ2) is 9.07. The fraction of sp³-hybridized carbons (Fsp3) is 0.640. The number of fused-ring (bicyclic) bond motifs is 2. The minimum absolute atomic E-state index is 0.189. The number of hydrogen-bond acceptors (Lipinski definition) is 5. The molecule has 1 aliphatic carbocycles. The van der Waals surface area contributed by atoms with Gasteiger partial charge in [0.2, 0.25) is 0 Å². The van der Waals surface area contributed by atoms with Crippen LogP contribution in [0.1, 0.15) is 59.8 Å². The lowest BCUT2D eigenvalue weighted by Crippen LogP contribution is -2.48. The molecule has 1 saturated heterocycles. The molecule has 0 spiro atoms. The molecule has 1 aliphatic heterocycles. The average molecular weight is 479 g/mol. The van der Waals surface area contributed by atoms with Crippen LogP contribution in [0.5, 0.6) is 0 Å². The molecule has 1 saturated carbocycles. The standard InChI is InChI=1S/C25H38O5SSi/c1-19(30-32(5,6)24(2,3)4)13-9-7-10-14-20-17-21-18-25(20,23(26)29-21)31(27,28)22-15-11-8-12-16-22/h8,10-12,14-16,19-21H,7,9,13,17-18H2,1-6H3/b14-10+/t19-,20+,21-,25+/m0/s1. The zero-order valence-electron chi connectivity index (χ0n) is 20.3. The van der Waals surface area contributed by atoms with Crippen LogP contribution >= 0.6 is 0 Å². The summed E-state index contributed by atoms with van der Waals surface area (Å²) in [5, 5.41) is 0.191. The molecular weight excluding hydrogens is 440 g/mol. The number of esters is 1. The van der Waals surface area contributed by atoms with Crippen LogP contribution in [-0.4, -0.2) is 39.7 Å². The average Bonchev–Trinajstić information content (AvgIpc) is 3.23. The molecule has 1 aromatic rings. The number of carbonyl (C=O) groups excluding carboxylic acids is 1. The summed E-state index contributed by atoms with van der Waals surface area (Å²) in [6, 6.07) is 8.28. The molecule has 2 aliphatic rings. The number of unbranched alkanes of at least 4 members (excludes halogenated alkanes) is 1. The molecule has 0 amide bonds. The van der Waals surface area contributed by atoms with Gasteiger partial charge in [-0.25, -0.2) is 8.42 Å². The highest BCUT2D eigenvalue weighted by molar-refractivity contribution is 7.93. The number of sulfone groups is 1. The van der Waals surface area contributed by atoms with Gasteiger partial charge < -0.3 is 9.16 Å². The Balaban J connectivity index is 1.63. The zero-order chi connectivity index (χ0) is 23.8. The highest BCUT2D eigenvalue weighted by atomic mass is 32.2. The molecule has 0 radical (unpaired) electrons. The molecule has 2 fully saturated rings. The van der Waals surface area contributed by atoms with Crippen LogP contribution < -0.4 is 0 Å². The van der Waals surface area contributed by atoms with Crippen LogP contribution in [0.25, 0.3) is 0 Å². The van der Waals surface area contributed by atoms with E-state index in [1.807, 2.05) is 12.2 Å². The zero-order valence-corrected chi connectivity index (χ0v) is 22.1. The Bertz CT molecular complexity index is 948. The summed E-state index contributed by atoms with van der Waals surface area (Å²) in [5.41, 5.74) is 0. The Morgan fingerprint density at radius 2 is 1.91 bits per heavy atom. The Morgan fingerprint density at radius 1 is 1.25 bits per heavy atom. The van der Waals surface area contributed by atoms with Crippen LogP contribution in [0.3, 0.4) is 0 Å². The van der Waals surface area contributed by atoms with E-state index in [9.17, 15) is 13.2 Å². The molecule has 0 aromatic heterocycles. The molecule has 7 heteroatoms. The van der Waals surface area contributed by atoms with Crippen LogP contribution in [0.2, 0.25) is 18.1 Å². The summed E-state index contributed by atoms with van der Waals surface area (Å²) in [5.74, 6) is -0.941. The smallest absolute Gasteiger partial charge is 0.328 e. The number of allylic oxidation sites excluding steroid dienone is 2. The third kappa shape index (κ3) is 4.61. The number of hydrogen-bond donors (Lipinski definition) is 0. The molecule has 3 rings (SSSR count). The topological polar surface area (TPSA) is 69.7 Å². The predicted molar refractivity (Wildman–Crippen MR) is 130 cm³/mol. The summed E-state index contributed by atoms with van der Waals surface area (Å²) in [6.45, 7) is 13.4. The van der Waals surface area contributed by atoms with Gasteiger partial charge >= 0.3 is 5.97 Å². The van der Waals surface area contributed by atoms with E-state index in [0.717, 1.165) is 19.3 Å². The number of carbonyl (C=O) groups is 1. The summed E-state index contributed by atoms with van der Waals surface area (Å²) >= 11 is 0. The summed E-state index contributed by atoms with van der Waals surface area (Å²) in [6.07, 6.45) is 7.45.